The van der Waals surface area contributed by atoms with Gasteiger partial charge in [0.2, 0.25) is 11.7 Å². The number of rotatable bonds is 3. The maximum Gasteiger partial charge on any atom is 0.256 e. The van der Waals surface area contributed by atoms with Crippen LogP contribution >= 0.6 is 0 Å². The molecule has 1 aliphatic rings. The van der Waals surface area contributed by atoms with E-state index in [4.69, 9.17) is 15.6 Å². The Kier molecular flexibility index (Phi) is 10.8. The summed E-state index contributed by atoms with van der Waals surface area (Å²) in [6.07, 6.45) is 2.23. The van der Waals surface area contributed by atoms with E-state index in [9.17, 15) is 9.59 Å². The third kappa shape index (κ3) is 8.39. The SMILES string of the molecule is CC.CC(=O)C(=N)OC(=N)Cc1ccccc1.CC1CCc2ccccc2NC1=O.[HH].[HH]. The molecule has 1 amide bonds. The van der Waals surface area contributed by atoms with Crippen LogP contribution in [0.5, 0.6) is 0 Å². The van der Waals surface area contributed by atoms with Gasteiger partial charge >= 0.3 is 0 Å². The monoisotopic (exact) mass is 413 g/mol. The van der Waals surface area contributed by atoms with Crippen molar-refractivity contribution in [3.63, 3.8) is 0 Å². The molecular weight excluding hydrogens is 378 g/mol. The number of carbonyl (C=O) groups is 2. The zero-order chi connectivity index (χ0) is 22.5. The fourth-order valence-electron chi connectivity index (χ4n) is 2.63. The Labute approximate surface area is 181 Å². The second kappa shape index (κ2) is 13.0. The second-order valence-corrected chi connectivity index (χ2v) is 6.66. The lowest BCUT2D eigenvalue weighted by molar-refractivity contribution is -0.119. The first-order valence-corrected chi connectivity index (χ1v) is 10.1. The summed E-state index contributed by atoms with van der Waals surface area (Å²) >= 11 is 0. The van der Waals surface area contributed by atoms with Gasteiger partial charge in [-0.3, -0.25) is 20.4 Å². The third-order valence-electron chi connectivity index (χ3n) is 4.32. The Morgan fingerprint density at radius 1 is 1.10 bits per heavy atom. The summed E-state index contributed by atoms with van der Waals surface area (Å²) < 4.78 is 4.73. The summed E-state index contributed by atoms with van der Waals surface area (Å²) in [5.41, 5.74) is 3.15. The number of anilines is 1. The van der Waals surface area contributed by atoms with Gasteiger partial charge in [0.1, 0.15) is 0 Å². The van der Waals surface area contributed by atoms with Gasteiger partial charge in [0.25, 0.3) is 5.90 Å². The molecule has 3 rings (SSSR count). The van der Waals surface area contributed by atoms with Crippen LogP contribution < -0.4 is 5.32 Å². The van der Waals surface area contributed by atoms with Gasteiger partial charge in [-0.05, 0) is 30.0 Å². The molecule has 6 nitrogen and oxygen atoms in total. The van der Waals surface area contributed by atoms with Crippen molar-refractivity contribution in [1.29, 1.82) is 10.8 Å². The summed E-state index contributed by atoms with van der Waals surface area (Å²) in [6, 6.07) is 17.3. The van der Waals surface area contributed by atoms with Gasteiger partial charge in [-0.15, -0.1) is 0 Å². The summed E-state index contributed by atoms with van der Waals surface area (Å²) in [6.45, 7) is 7.21. The molecule has 164 valence electrons. The molecule has 0 aliphatic carbocycles. The highest BCUT2D eigenvalue weighted by Crippen LogP contribution is 2.23. The molecule has 0 fully saturated rings. The first kappa shape index (κ1) is 24.8. The highest BCUT2D eigenvalue weighted by molar-refractivity contribution is 6.35. The van der Waals surface area contributed by atoms with E-state index in [0.717, 1.165) is 24.1 Å². The summed E-state index contributed by atoms with van der Waals surface area (Å²) in [5, 5.41) is 17.5. The standard InChI is InChI=1S/C11H12N2O2.C11H13NO.C2H6.2H2/c1-8(14)11(13)15-10(12)7-9-5-3-2-4-6-9;1-8-6-7-9-4-2-3-5-10(9)12-11(8)13;1-2;;/h2-6,12-13H,7H2,1H3;2-5,8H,6-7H2,1H3,(H,12,13);1-2H3;2*1H. The van der Waals surface area contributed by atoms with Crippen molar-refractivity contribution in [1.82, 2.24) is 0 Å². The quantitative estimate of drug-likeness (QED) is 0.456. The molecule has 0 saturated carbocycles. The maximum absolute atomic E-state index is 11.5. The molecule has 1 unspecified atom stereocenters. The minimum Gasteiger partial charge on any atom is -0.422 e. The van der Waals surface area contributed by atoms with Crippen LogP contribution in [0.25, 0.3) is 0 Å². The number of amides is 1. The molecule has 1 atom stereocenters. The van der Waals surface area contributed by atoms with Crippen LogP contribution in [0, 0.1) is 16.7 Å². The lowest BCUT2D eigenvalue weighted by atomic mass is 10.0. The number of aryl methyl sites for hydroxylation is 1. The zero-order valence-corrected chi connectivity index (χ0v) is 18.1. The molecule has 1 aliphatic heterocycles. The number of Topliss-reactive ketones (excluding diaryl/α,β-unsaturated/α-hetero) is 1. The molecule has 0 aromatic heterocycles. The predicted molar refractivity (Wildman–Crippen MR) is 125 cm³/mol. The number of fused-ring (bicyclic) bond motifs is 1. The van der Waals surface area contributed by atoms with Crippen LogP contribution in [0.4, 0.5) is 5.69 Å². The highest BCUT2D eigenvalue weighted by Gasteiger charge is 2.18. The predicted octanol–water partition coefficient (Wildman–Crippen LogP) is 5.51. The molecular formula is C24H35N3O3. The van der Waals surface area contributed by atoms with Crippen molar-refractivity contribution in [2.45, 2.75) is 47.0 Å². The van der Waals surface area contributed by atoms with E-state index in [1.165, 1.54) is 12.5 Å². The summed E-state index contributed by atoms with van der Waals surface area (Å²) in [4.78, 5) is 22.2. The normalized spacial score (nSPS) is 14.3. The number of nitrogens with one attached hydrogen (secondary N) is 3. The van der Waals surface area contributed by atoms with Crippen molar-refractivity contribution in [3.05, 3.63) is 65.7 Å². The lowest BCUT2D eigenvalue weighted by Crippen LogP contribution is -2.18. The number of hydrogen-bond donors (Lipinski definition) is 3. The maximum atomic E-state index is 11.5. The number of benzene rings is 2. The van der Waals surface area contributed by atoms with Crippen molar-refractivity contribution >= 4 is 29.2 Å². The van der Waals surface area contributed by atoms with Crippen molar-refractivity contribution in [2.75, 3.05) is 5.32 Å². The Balaban J connectivity index is 0. The fraction of sp³-hybridized carbons (Fsp3) is 0.333. The molecule has 0 bridgehead atoms. The highest BCUT2D eigenvalue weighted by atomic mass is 16.5. The number of hydrogen-bond acceptors (Lipinski definition) is 5. The van der Waals surface area contributed by atoms with E-state index in [2.05, 4.69) is 11.4 Å². The van der Waals surface area contributed by atoms with Crippen LogP contribution in [0.3, 0.4) is 0 Å². The average molecular weight is 414 g/mol. The van der Waals surface area contributed by atoms with E-state index in [1.807, 2.05) is 69.3 Å². The van der Waals surface area contributed by atoms with E-state index in [1.54, 1.807) is 0 Å². The number of ketones is 1. The second-order valence-electron chi connectivity index (χ2n) is 6.66. The third-order valence-corrected chi connectivity index (χ3v) is 4.32. The largest absolute Gasteiger partial charge is 0.422 e. The van der Waals surface area contributed by atoms with Crippen molar-refractivity contribution < 1.29 is 17.2 Å². The van der Waals surface area contributed by atoms with Gasteiger partial charge in [-0.1, -0.05) is 69.3 Å². The lowest BCUT2D eigenvalue weighted by Gasteiger charge is -2.06. The summed E-state index contributed by atoms with van der Waals surface area (Å²) in [7, 11) is 0. The van der Waals surface area contributed by atoms with Crippen LogP contribution in [-0.4, -0.2) is 23.5 Å². The molecule has 0 radical (unpaired) electrons. The minimum atomic E-state index is -0.490. The zero-order valence-electron chi connectivity index (χ0n) is 18.1. The Bertz CT molecular complexity index is 874. The molecule has 3 N–H and O–H groups in total. The Hall–Kier alpha value is -3.28. The molecule has 2 aromatic carbocycles. The van der Waals surface area contributed by atoms with Gasteiger partial charge in [-0.25, -0.2) is 0 Å². The van der Waals surface area contributed by atoms with Crippen LogP contribution in [-0.2, 0) is 27.2 Å². The fourth-order valence-corrected chi connectivity index (χ4v) is 2.63. The van der Waals surface area contributed by atoms with E-state index in [-0.39, 0.29) is 27.0 Å². The first-order valence-electron chi connectivity index (χ1n) is 10.1. The minimum absolute atomic E-state index is 0. The molecule has 0 saturated heterocycles. The van der Waals surface area contributed by atoms with E-state index in [0.29, 0.717) is 0 Å². The van der Waals surface area contributed by atoms with Crippen LogP contribution in [0.2, 0.25) is 0 Å². The molecule has 1 heterocycles. The molecule has 30 heavy (non-hydrogen) atoms. The first-order chi connectivity index (χ1) is 14.4. The van der Waals surface area contributed by atoms with E-state index >= 15 is 0 Å². The van der Waals surface area contributed by atoms with Crippen LogP contribution in [0.1, 0.15) is 48.1 Å². The average Bonchev–Trinajstić information content (AvgIpc) is 2.89. The Morgan fingerprint density at radius 3 is 2.33 bits per heavy atom. The van der Waals surface area contributed by atoms with Gasteiger partial charge < -0.3 is 10.1 Å². The smallest absolute Gasteiger partial charge is 0.256 e. The van der Waals surface area contributed by atoms with Gasteiger partial charge in [0.05, 0.1) is 0 Å². The molecule has 6 heteroatoms. The van der Waals surface area contributed by atoms with Gasteiger partial charge in [0, 0.05) is 27.8 Å². The number of ether oxygens (including phenoxy) is 1. The Morgan fingerprint density at radius 2 is 1.70 bits per heavy atom. The van der Waals surface area contributed by atoms with Gasteiger partial charge in [-0.2, -0.15) is 0 Å². The van der Waals surface area contributed by atoms with Gasteiger partial charge in [0.15, 0.2) is 5.90 Å². The molecule has 2 aromatic rings. The topological polar surface area (TPSA) is 103 Å². The molecule has 0 spiro atoms. The number of carbonyl (C=O) groups excluding carboxylic acids is 2. The van der Waals surface area contributed by atoms with E-state index < -0.39 is 11.7 Å². The van der Waals surface area contributed by atoms with Crippen LogP contribution in [0.15, 0.2) is 54.6 Å². The number of para-hydroxylation sites is 1. The van der Waals surface area contributed by atoms with Crippen molar-refractivity contribution in [2.24, 2.45) is 5.92 Å². The van der Waals surface area contributed by atoms with Crippen molar-refractivity contribution in [3.8, 4) is 0 Å². The summed E-state index contributed by atoms with van der Waals surface area (Å²) in [5.74, 6) is -0.789.